The number of rotatable bonds is 4. The quantitative estimate of drug-likeness (QED) is 0.394. The summed E-state index contributed by atoms with van der Waals surface area (Å²) < 4.78 is 31.2. The molecule has 1 aliphatic heterocycles. The Bertz CT molecular complexity index is 1100. The first-order chi connectivity index (χ1) is 13.0. The maximum absolute atomic E-state index is 11.1. The Hall–Kier alpha value is -1.73. The summed E-state index contributed by atoms with van der Waals surface area (Å²) in [4.78, 5) is -0.103. The summed E-state index contributed by atoms with van der Waals surface area (Å²) in [6.07, 6.45) is 3.88. The molecule has 0 aromatic heterocycles. The van der Waals surface area contributed by atoms with Crippen LogP contribution in [-0.2, 0) is 16.7 Å². The van der Waals surface area contributed by atoms with E-state index in [0.29, 0.717) is 0 Å². The molecule has 0 bridgehead atoms. The molecule has 3 aromatic carbocycles. The van der Waals surface area contributed by atoms with Crippen molar-refractivity contribution in [2.24, 2.45) is 0 Å². The summed E-state index contributed by atoms with van der Waals surface area (Å²) >= 11 is 0. The van der Waals surface area contributed by atoms with Gasteiger partial charge in [0, 0.05) is 6.54 Å². The average molecular weight is 401 g/mol. The smallest absolute Gasteiger partial charge is 1.00 e. The standard InChI is InChI=1S/C22H19NO3S.Na.H/c24-27(25,26)20-13-9-17(10-14-20)6-5-16-7-11-18(12-8-16)22-21-4-2-1-3-19(21)15-23-22;;/h1-14,22-23H,15H2,(H,24,25,26);;/q;+1;-1. The molecule has 0 saturated heterocycles. The first-order valence-corrected chi connectivity index (χ1v) is 10.1. The molecule has 1 aliphatic rings. The Balaban J connectivity index is 0.00000150. The molecule has 1 unspecified atom stereocenters. The zero-order chi connectivity index (χ0) is 18.9. The van der Waals surface area contributed by atoms with Crippen molar-refractivity contribution in [1.82, 2.24) is 5.32 Å². The summed E-state index contributed by atoms with van der Waals surface area (Å²) in [5.41, 5.74) is 5.83. The maximum Gasteiger partial charge on any atom is 1.00 e. The van der Waals surface area contributed by atoms with Crippen molar-refractivity contribution in [1.29, 1.82) is 0 Å². The van der Waals surface area contributed by atoms with Crippen LogP contribution < -0.4 is 34.9 Å². The number of hydrogen-bond acceptors (Lipinski definition) is 3. The van der Waals surface area contributed by atoms with Crippen LogP contribution in [0.3, 0.4) is 0 Å². The van der Waals surface area contributed by atoms with E-state index < -0.39 is 10.1 Å². The fourth-order valence-electron chi connectivity index (χ4n) is 3.34. The Morgan fingerprint density at radius 1 is 0.893 bits per heavy atom. The van der Waals surface area contributed by atoms with Crippen LogP contribution in [-0.4, -0.2) is 13.0 Å². The fraction of sp³-hybridized carbons (Fsp3) is 0.0909. The molecule has 6 heteroatoms. The first-order valence-electron chi connectivity index (χ1n) is 8.67. The van der Waals surface area contributed by atoms with Crippen molar-refractivity contribution in [3.63, 3.8) is 0 Å². The van der Waals surface area contributed by atoms with E-state index in [1.807, 2.05) is 12.2 Å². The molecule has 0 spiro atoms. The van der Waals surface area contributed by atoms with E-state index in [2.05, 4.69) is 53.8 Å². The van der Waals surface area contributed by atoms with E-state index in [-0.39, 0.29) is 41.9 Å². The minimum atomic E-state index is -4.15. The summed E-state index contributed by atoms with van der Waals surface area (Å²) in [6.45, 7) is 0.891. The minimum Gasteiger partial charge on any atom is -1.00 e. The molecule has 1 heterocycles. The molecule has 2 N–H and O–H groups in total. The summed E-state index contributed by atoms with van der Waals surface area (Å²) in [7, 11) is -4.15. The Morgan fingerprint density at radius 3 is 2.07 bits per heavy atom. The third kappa shape index (κ3) is 4.63. The third-order valence-electron chi connectivity index (χ3n) is 4.78. The molecular weight excluding hydrogens is 381 g/mol. The van der Waals surface area contributed by atoms with Gasteiger partial charge in [0.25, 0.3) is 10.1 Å². The monoisotopic (exact) mass is 401 g/mol. The topological polar surface area (TPSA) is 66.4 Å². The van der Waals surface area contributed by atoms with Gasteiger partial charge in [-0.15, -0.1) is 0 Å². The number of benzene rings is 3. The van der Waals surface area contributed by atoms with Crippen molar-refractivity contribution in [3.8, 4) is 0 Å². The summed E-state index contributed by atoms with van der Waals surface area (Å²) in [6, 6.07) is 23.2. The molecule has 1 atom stereocenters. The molecule has 3 aromatic rings. The Labute approximate surface area is 188 Å². The van der Waals surface area contributed by atoms with Gasteiger partial charge < -0.3 is 6.74 Å². The average Bonchev–Trinajstić information content (AvgIpc) is 3.11. The van der Waals surface area contributed by atoms with Gasteiger partial charge in [-0.05, 0) is 39.9 Å². The summed E-state index contributed by atoms with van der Waals surface area (Å²) in [5, 5.41) is 3.55. The fourth-order valence-corrected chi connectivity index (χ4v) is 3.82. The molecule has 4 rings (SSSR count). The molecule has 0 amide bonds. The van der Waals surface area contributed by atoms with Gasteiger partial charge in [0.05, 0.1) is 10.9 Å². The minimum absolute atomic E-state index is 0. The van der Waals surface area contributed by atoms with Crippen LogP contribution in [0.5, 0.6) is 0 Å². The molecule has 0 aliphatic carbocycles. The van der Waals surface area contributed by atoms with Gasteiger partial charge in [-0.2, -0.15) is 8.42 Å². The van der Waals surface area contributed by atoms with Gasteiger partial charge in [0.1, 0.15) is 0 Å². The van der Waals surface area contributed by atoms with Crippen molar-refractivity contribution >= 4 is 22.3 Å². The van der Waals surface area contributed by atoms with E-state index in [1.54, 1.807) is 12.1 Å². The van der Waals surface area contributed by atoms with Crippen LogP contribution in [0.25, 0.3) is 12.2 Å². The normalized spacial score (nSPS) is 16.0. The number of fused-ring (bicyclic) bond motifs is 1. The van der Waals surface area contributed by atoms with Gasteiger partial charge in [-0.25, -0.2) is 0 Å². The van der Waals surface area contributed by atoms with Crippen LogP contribution in [0.4, 0.5) is 0 Å². The molecule has 0 fully saturated rings. The van der Waals surface area contributed by atoms with Crippen molar-refractivity contribution in [2.45, 2.75) is 17.5 Å². The van der Waals surface area contributed by atoms with Gasteiger partial charge in [-0.3, -0.25) is 4.55 Å². The molecule has 138 valence electrons. The second kappa shape index (κ2) is 8.74. The van der Waals surface area contributed by atoms with Crippen LogP contribution in [0.15, 0.2) is 77.7 Å². The summed E-state index contributed by atoms with van der Waals surface area (Å²) in [5.74, 6) is 0. The third-order valence-corrected chi connectivity index (χ3v) is 5.65. The maximum atomic E-state index is 11.1. The first kappa shape index (κ1) is 21.0. The van der Waals surface area contributed by atoms with Gasteiger partial charge >= 0.3 is 29.6 Å². The second-order valence-electron chi connectivity index (χ2n) is 6.56. The van der Waals surface area contributed by atoms with Crippen molar-refractivity contribution in [3.05, 3.63) is 101 Å². The van der Waals surface area contributed by atoms with Gasteiger partial charge in [-0.1, -0.05) is 72.8 Å². The molecule has 4 nitrogen and oxygen atoms in total. The van der Waals surface area contributed by atoms with E-state index in [4.69, 9.17) is 4.55 Å². The molecule has 28 heavy (non-hydrogen) atoms. The van der Waals surface area contributed by atoms with E-state index in [9.17, 15) is 8.42 Å². The van der Waals surface area contributed by atoms with Crippen molar-refractivity contribution < 1.29 is 44.0 Å². The van der Waals surface area contributed by atoms with Crippen LogP contribution in [0.2, 0.25) is 0 Å². The largest absolute Gasteiger partial charge is 1.00 e. The zero-order valence-corrected chi connectivity index (χ0v) is 18.4. The Kier molecular flexibility index (Phi) is 6.55. The molecule has 0 radical (unpaired) electrons. The second-order valence-corrected chi connectivity index (χ2v) is 7.98. The predicted octanol–water partition coefficient (Wildman–Crippen LogP) is 1.41. The zero-order valence-electron chi connectivity index (χ0n) is 16.5. The van der Waals surface area contributed by atoms with Gasteiger partial charge in [0.2, 0.25) is 0 Å². The Morgan fingerprint density at radius 2 is 1.46 bits per heavy atom. The van der Waals surface area contributed by atoms with E-state index >= 15 is 0 Å². The van der Waals surface area contributed by atoms with Gasteiger partial charge in [0.15, 0.2) is 0 Å². The van der Waals surface area contributed by atoms with Crippen molar-refractivity contribution in [2.75, 3.05) is 0 Å². The van der Waals surface area contributed by atoms with Crippen LogP contribution in [0, 0.1) is 0 Å². The number of nitrogens with one attached hydrogen (secondary N) is 1. The molecule has 0 saturated carbocycles. The predicted molar refractivity (Wildman–Crippen MR) is 108 cm³/mol. The van der Waals surface area contributed by atoms with E-state index in [0.717, 1.165) is 17.7 Å². The molecular formula is C22H20NNaO3S. The van der Waals surface area contributed by atoms with Crippen LogP contribution >= 0.6 is 0 Å². The SMILES string of the molecule is O=S(=O)(O)c1ccc(C=Cc2ccc(C3NCc4ccccc43)cc2)cc1.[H-].[Na+]. The van der Waals surface area contributed by atoms with E-state index in [1.165, 1.54) is 28.8 Å². The number of hydrogen-bond donors (Lipinski definition) is 2. The van der Waals surface area contributed by atoms with Crippen LogP contribution in [0.1, 0.15) is 35.3 Å².